The van der Waals surface area contributed by atoms with Crippen molar-refractivity contribution in [1.82, 2.24) is 4.98 Å². The van der Waals surface area contributed by atoms with Crippen LogP contribution < -0.4 is 10.1 Å². The van der Waals surface area contributed by atoms with Crippen LogP contribution in [0.4, 0.5) is 5.69 Å². The zero-order valence-corrected chi connectivity index (χ0v) is 15.7. The van der Waals surface area contributed by atoms with E-state index in [4.69, 9.17) is 4.74 Å². The van der Waals surface area contributed by atoms with Gasteiger partial charge >= 0.3 is 0 Å². The second-order valence-electron chi connectivity index (χ2n) is 5.90. The average Bonchev–Trinajstić information content (AvgIpc) is 3.14. The Morgan fingerprint density at radius 1 is 1.23 bits per heavy atom. The van der Waals surface area contributed by atoms with E-state index < -0.39 is 0 Å². The molecule has 0 unspecified atom stereocenters. The van der Waals surface area contributed by atoms with Crippen molar-refractivity contribution in [3.05, 3.63) is 70.2 Å². The van der Waals surface area contributed by atoms with Gasteiger partial charge in [-0.3, -0.25) is 0 Å². The van der Waals surface area contributed by atoms with Crippen LogP contribution in [0.5, 0.6) is 5.75 Å². The van der Waals surface area contributed by atoms with Crippen molar-refractivity contribution >= 4 is 22.6 Å². The summed E-state index contributed by atoms with van der Waals surface area (Å²) in [4.78, 5) is 4.61. The maximum atomic E-state index is 9.52. The molecule has 3 rings (SSSR count). The lowest BCUT2D eigenvalue weighted by Crippen LogP contribution is -1.94. The number of nitriles is 1. The van der Waals surface area contributed by atoms with Gasteiger partial charge in [0.1, 0.15) is 22.4 Å². The highest BCUT2D eigenvalue weighted by Gasteiger charge is 2.10. The first-order chi connectivity index (χ1) is 12.6. The van der Waals surface area contributed by atoms with Gasteiger partial charge < -0.3 is 10.1 Å². The third-order valence-corrected chi connectivity index (χ3v) is 4.85. The standard InChI is InChI=1S/C21H19N3OS/c1-14-7-8-19(15(2)9-14)23-12-17(11-22)21-24-20(13-26-21)16-5-4-6-18(10-16)25-3/h4-10,12-13,23H,1-3H3/b17-12-. The molecule has 0 aliphatic carbocycles. The molecule has 0 bridgehead atoms. The molecule has 0 amide bonds. The van der Waals surface area contributed by atoms with Crippen LogP contribution in [-0.4, -0.2) is 12.1 Å². The molecule has 0 saturated carbocycles. The number of nitrogens with zero attached hydrogens (tertiary/aromatic N) is 2. The van der Waals surface area contributed by atoms with Crippen LogP contribution in [0.25, 0.3) is 16.8 Å². The molecule has 2 aromatic carbocycles. The van der Waals surface area contributed by atoms with E-state index in [2.05, 4.69) is 29.4 Å². The fraction of sp³-hybridized carbons (Fsp3) is 0.143. The summed E-state index contributed by atoms with van der Waals surface area (Å²) >= 11 is 1.45. The molecule has 0 saturated heterocycles. The highest BCUT2D eigenvalue weighted by molar-refractivity contribution is 7.11. The van der Waals surface area contributed by atoms with Crippen LogP contribution in [0.2, 0.25) is 0 Å². The summed E-state index contributed by atoms with van der Waals surface area (Å²) in [5.41, 5.74) is 5.62. The van der Waals surface area contributed by atoms with Gasteiger partial charge in [-0.1, -0.05) is 29.8 Å². The zero-order valence-electron chi connectivity index (χ0n) is 14.9. The number of methoxy groups -OCH3 is 1. The molecule has 0 radical (unpaired) electrons. The summed E-state index contributed by atoms with van der Waals surface area (Å²) in [6, 6.07) is 16.1. The van der Waals surface area contributed by atoms with E-state index in [0.717, 1.165) is 28.3 Å². The van der Waals surface area contributed by atoms with Crippen LogP contribution >= 0.6 is 11.3 Å². The van der Waals surface area contributed by atoms with Crippen molar-refractivity contribution in [2.24, 2.45) is 0 Å². The second-order valence-corrected chi connectivity index (χ2v) is 6.76. The van der Waals surface area contributed by atoms with Gasteiger partial charge in [-0.25, -0.2) is 4.98 Å². The molecular formula is C21H19N3OS. The molecule has 0 aliphatic heterocycles. The van der Waals surface area contributed by atoms with Gasteiger partial charge in [0.2, 0.25) is 0 Å². The van der Waals surface area contributed by atoms with E-state index in [9.17, 15) is 5.26 Å². The highest BCUT2D eigenvalue weighted by Crippen LogP contribution is 2.28. The minimum absolute atomic E-state index is 0.504. The summed E-state index contributed by atoms with van der Waals surface area (Å²) in [6.07, 6.45) is 1.71. The zero-order chi connectivity index (χ0) is 18.5. The maximum absolute atomic E-state index is 9.52. The third kappa shape index (κ3) is 3.93. The van der Waals surface area contributed by atoms with Crippen LogP contribution in [0.3, 0.4) is 0 Å². The molecule has 1 N–H and O–H groups in total. The molecule has 1 heterocycles. The van der Waals surface area contributed by atoms with E-state index in [1.807, 2.05) is 48.7 Å². The van der Waals surface area contributed by atoms with Crippen LogP contribution in [-0.2, 0) is 0 Å². The Hall–Kier alpha value is -3.10. The maximum Gasteiger partial charge on any atom is 0.136 e. The molecular weight excluding hydrogens is 342 g/mol. The minimum Gasteiger partial charge on any atom is -0.497 e. The summed E-state index contributed by atoms with van der Waals surface area (Å²) in [5.74, 6) is 0.782. The second kappa shape index (κ2) is 7.85. The molecule has 5 heteroatoms. The van der Waals surface area contributed by atoms with Crippen molar-refractivity contribution in [3.8, 4) is 23.1 Å². The largest absolute Gasteiger partial charge is 0.497 e. The number of anilines is 1. The quantitative estimate of drug-likeness (QED) is 0.617. The summed E-state index contributed by atoms with van der Waals surface area (Å²) in [7, 11) is 1.64. The summed E-state index contributed by atoms with van der Waals surface area (Å²) < 4.78 is 5.26. The molecule has 0 spiro atoms. The number of hydrogen-bond acceptors (Lipinski definition) is 5. The first-order valence-corrected chi connectivity index (χ1v) is 9.03. The van der Waals surface area contributed by atoms with Gasteiger partial charge in [0.05, 0.1) is 12.8 Å². The molecule has 3 aromatic rings. The van der Waals surface area contributed by atoms with Gasteiger partial charge in [0.15, 0.2) is 0 Å². The number of hydrogen-bond donors (Lipinski definition) is 1. The minimum atomic E-state index is 0.504. The number of thiazole rings is 1. The van der Waals surface area contributed by atoms with E-state index in [1.54, 1.807) is 13.3 Å². The van der Waals surface area contributed by atoms with Gasteiger partial charge in [0.25, 0.3) is 0 Å². The van der Waals surface area contributed by atoms with Crippen molar-refractivity contribution in [2.75, 3.05) is 12.4 Å². The SMILES string of the molecule is COc1cccc(-c2csc(/C(C#N)=C\Nc3ccc(C)cc3C)n2)c1. The Balaban J connectivity index is 1.85. The number of nitrogens with one attached hydrogen (secondary N) is 1. The van der Waals surface area contributed by atoms with Crippen molar-refractivity contribution in [1.29, 1.82) is 5.26 Å². The number of allylic oxidation sites excluding steroid dienone is 1. The number of rotatable bonds is 5. The molecule has 4 nitrogen and oxygen atoms in total. The first kappa shape index (κ1) is 17.7. The van der Waals surface area contributed by atoms with Crippen molar-refractivity contribution in [3.63, 3.8) is 0 Å². The van der Waals surface area contributed by atoms with E-state index in [1.165, 1.54) is 16.9 Å². The smallest absolute Gasteiger partial charge is 0.136 e. The monoisotopic (exact) mass is 361 g/mol. The van der Waals surface area contributed by atoms with E-state index >= 15 is 0 Å². The average molecular weight is 361 g/mol. The van der Waals surface area contributed by atoms with Crippen LogP contribution in [0.1, 0.15) is 16.1 Å². The summed E-state index contributed by atoms with van der Waals surface area (Å²) in [5, 5.41) is 15.4. The normalized spacial score (nSPS) is 11.1. The lowest BCUT2D eigenvalue weighted by Gasteiger charge is -2.06. The predicted octanol–water partition coefficient (Wildman–Crippen LogP) is 5.41. The lowest BCUT2D eigenvalue weighted by molar-refractivity contribution is 0.415. The number of benzene rings is 2. The predicted molar refractivity (Wildman–Crippen MR) is 107 cm³/mol. The van der Waals surface area contributed by atoms with Crippen molar-refractivity contribution in [2.45, 2.75) is 13.8 Å². The van der Waals surface area contributed by atoms with Crippen LogP contribution in [0, 0.1) is 25.2 Å². The van der Waals surface area contributed by atoms with E-state index in [0.29, 0.717) is 10.6 Å². The van der Waals surface area contributed by atoms with Crippen LogP contribution in [0.15, 0.2) is 54.0 Å². The van der Waals surface area contributed by atoms with Gasteiger partial charge in [-0.15, -0.1) is 11.3 Å². The Morgan fingerprint density at radius 3 is 2.81 bits per heavy atom. The molecule has 0 fully saturated rings. The summed E-state index contributed by atoms with van der Waals surface area (Å²) in [6.45, 7) is 4.10. The third-order valence-electron chi connectivity index (χ3n) is 3.97. The topological polar surface area (TPSA) is 57.9 Å². The Bertz CT molecular complexity index is 998. The number of ether oxygens (including phenoxy) is 1. The van der Waals surface area contributed by atoms with Gasteiger partial charge in [-0.05, 0) is 37.6 Å². The van der Waals surface area contributed by atoms with E-state index in [-0.39, 0.29) is 0 Å². The highest BCUT2D eigenvalue weighted by atomic mass is 32.1. The first-order valence-electron chi connectivity index (χ1n) is 8.15. The Labute approximate surface area is 157 Å². The molecule has 0 aliphatic rings. The fourth-order valence-corrected chi connectivity index (χ4v) is 3.37. The lowest BCUT2D eigenvalue weighted by atomic mass is 10.1. The molecule has 1 aromatic heterocycles. The molecule has 130 valence electrons. The van der Waals surface area contributed by atoms with Gasteiger partial charge in [0, 0.05) is 22.8 Å². The Morgan fingerprint density at radius 2 is 2.08 bits per heavy atom. The number of aryl methyl sites for hydroxylation is 2. The fourth-order valence-electron chi connectivity index (χ4n) is 2.58. The molecule has 26 heavy (non-hydrogen) atoms. The number of aromatic nitrogens is 1. The molecule has 0 atom stereocenters. The Kier molecular flexibility index (Phi) is 5.35. The van der Waals surface area contributed by atoms with Gasteiger partial charge in [-0.2, -0.15) is 5.26 Å². The van der Waals surface area contributed by atoms with Crippen molar-refractivity contribution < 1.29 is 4.74 Å².